The van der Waals surface area contributed by atoms with Crippen LogP contribution in [0.25, 0.3) is 0 Å². The summed E-state index contributed by atoms with van der Waals surface area (Å²) in [7, 11) is 7.23. The molecule has 74 valence electrons. The standard InChI is InChI=1S/C11H15BO2/c1-3-4-7-14-10-6-5-9(12)8-11(10)13-2/h5-6,8H,3-4,7H2,1-2H3. The molecular weight excluding hydrogens is 175 g/mol. The van der Waals surface area contributed by atoms with E-state index in [-0.39, 0.29) is 0 Å². The molecule has 1 aromatic rings. The lowest BCUT2D eigenvalue weighted by Gasteiger charge is -2.10. The van der Waals surface area contributed by atoms with Crippen molar-refractivity contribution in [3.63, 3.8) is 0 Å². The van der Waals surface area contributed by atoms with E-state index in [1.54, 1.807) is 13.2 Å². The maximum atomic E-state index is 5.62. The summed E-state index contributed by atoms with van der Waals surface area (Å²) in [4.78, 5) is 0. The Labute approximate surface area is 86.6 Å². The minimum absolute atomic E-state index is 0.685. The summed E-state index contributed by atoms with van der Waals surface area (Å²) in [5, 5.41) is 0. The molecule has 0 saturated heterocycles. The van der Waals surface area contributed by atoms with Crippen molar-refractivity contribution in [1.29, 1.82) is 0 Å². The van der Waals surface area contributed by atoms with Gasteiger partial charge in [-0.05, 0) is 18.6 Å². The number of rotatable bonds is 5. The second-order valence-electron chi connectivity index (χ2n) is 3.11. The van der Waals surface area contributed by atoms with E-state index in [2.05, 4.69) is 6.92 Å². The maximum absolute atomic E-state index is 5.62. The maximum Gasteiger partial charge on any atom is 0.161 e. The number of hydrogen-bond acceptors (Lipinski definition) is 2. The van der Waals surface area contributed by atoms with Gasteiger partial charge in [-0.25, -0.2) is 0 Å². The van der Waals surface area contributed by atoms with Gasteiger partial charge in [-0.15, -0.1) is 0 Å². The monoisotopic (exact) mass is 190 g/mol. The molecule has 0 atom stereocenters. The van der Waals surface area contributed by atoms with Gasteiger partial charge in [-0.1, -0.05) is 24.9 Å². The third-order valence-electron chi connectivity index (χ3n) is 1.94. The Hall–Kier alpha value is -1.12. The molecular formula is C11H15BO2. The van der Waals surface area contributed by atoms with Crippen LogP contribution in [0.4, 0.5) is 0 Å². The largest absolute Gasteiger partial charge is 0.493 e. The molecule has 2 nitrogen and oxygen atoms in total. The van der Waals surface area contributed by atoms with E-state index in [4.69, 9.17) is 17.3 Å². The molecule has 0 saturated carbocycles. The van der Waals surface area contributed by atoms with Gasteiger partial charge >= 0.3 is 0 Å². The highest BCUT2D eigenvalue weighted by atomic mass is 16.5. The van der Waals surface area contributed by atoms with E-state index in [0.717, 1.165) is 25.2 Å². The summed E-state index contributed by atoms with van der Waals surface area (Å²) < 4.78 is 10.7. The number of methoxy groups -OCH3 is 1. The smallest absolute Gasteiger partial charge is 0.161 e. The van der Waals surface area contributed by atoms with Crippen LogP contribution in [0.3, 0.4) is 0 Å². The Bertz CT molecular complexity index is 287. The highest BCUT2D eigenvalue weighted by Gasteiger charge is 2.02. The van der Waals surface area contributed by atoms with Crippen LogP contribution in [0.5, 0.6) is 11.5 Å². The van der Waals surface area contributed by atoms with Crippen molar-refractivity contribution in [2.75, 3.05) is 13.7 Å². The molecule has 0 bridgehead atoms. The van der Waals surface area contributed by atoms with Crippen LogP contribution in [-0.2, 0) is 0 Å². The Morgan fingerprint density at radius 2 is 2.07 bits per heavy atom. The number of benzene rings is 1. The molecule has 0 spiro atoms. The Morgan fingerprint density at radius 1 is 1.29 bits per heavy atom. The van der Waals surface area contributed by atoms with Gasteiger partial charge in [-0.2, -0.15) is 0 Å². The molecule has 2 radical (unpaired) electrons. The van der Waals surface area contributed by atoms with Crippen LogP contribution in [-0.4, -0.2) is 21.6 Å². The first-order valence-corrected chi connectivity index (χ1v) is 4.84. The molecule has 14 heavy (non-hydrogen) atoms. The van der Waals surface area contributed by atoms with Crippen LogP contribution >= 0.6 is 0 Å². The number of unbranched alkanes of at least 4 members (excludes halogenated alkanes) is 1. The fourth-order valence-electron chi connectivity index (χ4n) is 1.13. The van der Waals surface area contributed by atoms with E-state index < -0.39 is 0 Å². The van der Waals surface area contributed by atoms with Gasteiger partial charge in [0.15, 0.2) is 11.5 Å². The fraction of sp³-hybridized carbons (Fsp3) is 0.455. The molecule has 0 aliphatic heterocycles. The van der Waals surface area contributed by atoms with Crippen LogP contribution in [0.15, 0.2) is 18.2 Å². The second-order valence-corrected chi connectivity index (χ2v) is 3.11. The zero-order valence-corrected chi connectivity index (χ0v) is 8.75. The molecule has 0 unspecified atom stereocenters. The van der Waals surface area contributed by atoms with Gasteiger partial charge in [-0.3, -0.25) is 0 Å². The Kier molecular flexibility index (Phi) is 4.37. The highest BCUT2D eigenvalue weighted by Crippen LogP contribution is 2.24. The van der Waals surface area contributed by atoms with Crippen molar-refractivity contribution in [3.8, 4) is 11.5 Å². The van der Waals surface area contributed by atoms with Gasteiger partial charge in [0.2, 0.25) is 0 Å². The lowest BCUT2D eigenvalue weighted by atomic mass is 9.96. The topological polar surface area (TPSA) is 18.5 Å². The summed E-state index contributed by atoms with van der Waals surface area (Å²) >= 11 is 0. The average Bonchev–Trinajstić information content (AvgIpc) is 2.20. The van der Waals surface area contributed by atoms with Crippen molar-refractivity contribution in [1.82, 2.24) is 0 Å². The van der Waals surface area contributed by atoms with Crippen LogP contribution < -0.4 is 14.9 Å². The molecule has 0 aliphatic rings. The second kappa shape index (κ2) is 5.58. The fourth-order valence-corrected chi connectivity index (χ4v) is 1.13. The zero-order chi connectivity index (χ0) is 10.4. The summed E-state index contributed by atoms with van der Waals surface area (Å²) in [6.07, 6.45) is 2.17. The lowest BCUT2D eigenvalue weighted by Crippen LogP contribution is -2.05. The van der Waals surface area contributed by atoms with Crippen molar-refractivity contribution >= 4 is 13.3 Å². The molecule has 1 aromatic carbocycles. The number of ether oxygens (including phenoxy) is 2. The molecule has 0 aromatic heterocycles. The SMILES string of the molecule is [B]c1ccc(OCCCC)c(OC)c1. The minimum atomic E-state index is 0.685. The molecule has 0 aliphatic carbocycles. The highest BCUT2D eigenvalue weighted by molar-refractivity contribution is 6.32. The van der Waals surface area contributed by atoms with Gasteiger partial charge in [0.05, 0.1) is 13.7 Å². The first-order chi connectivity index (χ1) is 6.77. The van der Waals surface area contributed by atoms with Crippen LogP contribution in [0.2, 0.25) is 0 Å². The summed E-state index contributed by atoms with van der Waals surface area (Å²) in [6.45, 7) is 2.85. The van der Waals surface area contributed by atoms with Crippen LogP contribution in [0.1, 0.15) is 19.8 Å². The summed E-state index contributed by atoms with van der Waals surface area (Å²) in [5.74, 6) is 1.45. The van der Waals surface area contributed by atoms with E-state index in [0.29, 0.717) is 11.2 Å². The number of hydrogen-bond donors (Lipinski definition) is 0. The lowest BCUT2D eigenvalue weighted by molar-refractivity contribution is 0.288. The third-order valence-corrected chi connectivity index (χ3v) is 1.94. The van der Waals surface area contributed by atoms with Crippen molar-refractivity contribution < 1.29 is 9.47 Å². The van der Waals surface area contributed by atoms with Crippen LogP contribution in [0, 0.1) is 0 Å². The molecule has 0 amide bonds. The molecule has 3 heteroatoms. The van der Waals surface area contributed by atoms with E-state index in [9.17, 15) is 0 Å². The molecule has 0 fully saturated rings. The van der Waals surface area contributed by atoms with Gasteiger partial charge in [0.1, 0.15) is 7.85 Å². The average molecular weight is 190 g/mol. The minimum Gasteiger partial charge on any atom is -0.493 e. The van der Waals surface area contributed by atoms with Crippen molar-refractivity contribution in [3.05, 3.63) is 18.2 Å². The first-order valence-electron chi connectivity index (χ1n) is 4.84. The van der Waals surface area contributed by atoms with E-state index in [1.165, 1.54) is 0 Å². The predicted octanol–water partition coefficient (Wildman–Crippen LogP) is 1.67. The normalized spacial score (nSPS) is 9.86. The van der Waals surface area contributed by atoms with Gasteiger partial charge in [0.25, 0.3) is 0 Å². The van der Waals surface area contributed by atoms with E-state index >= 15 is 0 Å². The van der Waals surface area contributed by atoms with E-state index in [1.807, 2.05) is 12.1 Å². The molecule has 0 N–H and O–H groups in total. The quantitative estimate of drug-likeness (QED) is 0.519. The zero-order valence-electron chi connectivity index (χ0n) is 8.75. The van der Waals surface area contributed by atoms with Crippen molar-refractivity contribution in [2.24, 2.45) is 0 Å². The Morgan fingerprint density at radius 3 is 2.71 bits per heavy atom. The van der Waals surface area contributed by atoms with Crippen molar-refractivity contribution in [2.45, 2.75) is 19.8 Å². The first kappa shape index (κ1) is 11.0. The Balaban J connectivity index is 2.65. The third kappa shape index (κ3) is 2.98. The molecule has 0 heterocycles. The predicted molar refractivity (Wildman–Crippen MR) is 58.8 cm³/mol. The molecule has 1 rings (SSSR count). The summed E-state index contributed by atoms with van der Waals surface area (Å²) in [6, 6.07) is 5.41. The summed E-state index contributed by atoms with van der Waals surface area (Å²) in [5.41, 5.74) is 0.685. The van der Waals surface area contributed by atoms with Gasteiger partial charge < -0.3 is 9.47 Å². The van der Waals surface area contributed by atoms with Gasteiger partial charge in [0, 0.05) is 0 Å².